The van der Waals surface area contributed by atoms with E-state index in [1.54, 1.807) is 0 Å². The van der Waals surface area contributed by atoms with Crippen molar-refractivity contribution in [3.05, 3.63) is 0 Å². The summed E-state index contributed by atoms with van der Waals surface area (Å²) >= 11 is -28.8. The molecule has 33 heteroatoms. The van der Waals surface area contributed by atoms with Crippen LogP contribution >= 0.6 is 0 Å². The number of hydrogen-bond acceptors (Lipinski definition) is 21. The fraction of sp³-hybridized carbons (Fsp3) is 0. The van der Waals surface area contributed by atoms with Crippen molar-refractivity contribution in [3.63, 3.8) is 0 Å². The molecule has 0 aliphatic carbocycles. The van der Waals surface area contributed by atoms with E-state index in [0.29, 0.717) is 0 Å². The minimum absolute atomic E-state index is 0. The topological polar surface area (TPSA) is 430 Å². The Morgan fingerprint density at radius 1 is 0.394 bits per heavy atom. The van der Waals surface area contributed by atoms with Gasteiger partial charge in [0.25, 0.3) is 0 Å². The van der Waals surface area contributed by atoms with Crippen LogP contribution in [0, 0.1) is 0 Å². The van der Waals surface area contributed by atoms with Crippen LogP contribution in [0.25, 0.3) is 0 Å². The fourth-order valence-electron chi connectivity index (χ4n) is 0. The molecule has 0 aliphatic rings. The van der Waals surface area contributed by atoms with Gasteiger partial charge in [-0.25, -0.2) is 0 Å². The molecular weight excluding hydrogens is 1730 g/mol. The van der Waals surface area contributed by atoms with Crippen molar-refractivity contribution < 1.29 is 204 Å². The average molecular weight is 1730 g/mol. The zero-order valence-electron chi connectivity index (χ0n) is 14.6. The Hall–Kier alpha value is 7.95. The smallest absolute Gasteiger partial charge is 2.00 e. The molecule has 0 atom stereocenters. The first-order valence-electron chi connectivity index (χ1n) is 4.16. The second kappa shape index (κ2) is 72.3. The van der Waals surface area contributed by atoms with E-state index in [0.717, 1.165) is 0 Å². The van der Waals surface area contributed by atoms with E-state index in [-0.39, 0.29) is 156 Å². The van der Waals surface area contributed by atoms with Crippen molar-refractivity contribution in [2.45, 2.75) is 0 Å². The van der Waals surface area contributed by atoms with Crippen LogP contribution in [0.3, 0.4) is 0 Å². The Balaban J connectivity index is -0.0000000152. The Bertz CT molecular complexity index is 455. The van der Waals surface area contributed by atoms with Crippen LogP contribution < -0.4 is 44.1 Å². The van der Waals surface area contributed by atoms with E-state index >= 15 is 0 Å². The third kappa shape index (κ3) is 910. The van der Waals surface area contributed by atoms with Gasteiger partial charge < -0.3 is 0 Å². The van der Waals surface area contributed by atoms with E-state index in [1.165, 1.54) is 0 Å². The van der Waals surface area contributed by atoms with Crippen molar-refractivity contribution in [1.29, 1.82) is 0 Å². The molecule has 0 aliphatic heterocycles. The summed E-state index contributed by atoms with van der Waals surface area (Å²) in [6.07, 6.45) is 0. The first-order chi connectivity index (χ1) is 12.1. The predicted octanol–water partition coefficient (Wildman–Crippen LogP) is -17.3. The SMILES string of the molecule is [Ba+2].[Bi+3].[Bi+3].[O]=[Nb](=[O])[O-].[O]=[Nb](=[O])[O-].[O]=[Ti]([O-])[O-].[O]=[Ti]([O-])[O-].[O]=[Ti]([O-])[O-].[O]=[Ti]([O-])[O-].[O]=[Ti]([O-])[O-].[Pb+2].[Pb+2]. The van der Waals surface area contributed by atoms with Gasteiger partial charge in [0.2, 0.25) is 0 Å². The molecule has 21 nitrogen and oxygen atoms in total. The normalized spacial score (nSPS) is 5.45. The van der Waals surface area contributed by atoms with Gasteiger partial charge in [0.15, 0.2) is 0 Å². The van der Waals surface area contributed by atoms with E-state index in [1.807, 2.05) is 0 Å². The molecule has 0 amide bonds. The van der Waals surface area contributed by atoms with Gasteiger partial charge in [-0.2, -0.15) is 0 Å². The van der Waals surface area contributed by atoms with Crippen molar-refractivity contribution in [1.82, 2.24) is 0 Å². The third-order valence-electron chi connectivity index (χ3n) is 0. The molecule has 8 radical (unpaired) electrons. The monoisotopic (exact) mass is 1730 g/mol. The van der Waals surface area contributed by atoms with Crippen molar-refractivity contribution >= 4 is 156 Å². The van der Waals surface area contributed by atoms with Gasteiger partial charge >= 0.3 is 360 Å². The quantitative estimate of drug-likeness (QED) is 0.203. The van der Waals surface area contributed by atoms with Crippen LogP contribution in [-0.2, 0) is 160 Å². The van der Waals surface area contributed by atoms with E-state index in [9.17, 15) is 0 Å². The Morgan fingerprint density at radius 3 is 0.394 bits per heavy atom. The summed E-state index contributed by atoms with van der Waals surface area (Å²) in [6.45, 7) is 0. The summed E-state index contributed by atoms with van der Waals surface area (Å²) in [5.41, 5.74) is 0. The first-order valence-corrected chi connectivity index (χ1v) is 19.1. The van der Waals surface area contributed by atoms with E-state index in [2.05, 4.69) is 0 Å². The average Bonchev–Trinajstić information content (AvgIpc) is 2.20. The molecular formula is BaBi2Nb2O21Pb2Ti5. The summed E-state index contributed by atoms with van der Waals surface area (Å²) < 4.78 is 180. The summed E-state index contributed by atoms with van der Waals surface area (Å²) in [5, 5.41) is 0. The summed E-state index contributed by atoms with van der Waals surface area (Å²) in [5.74, 6) is 0. The molecule has 0 aromatic heterocycles. The van der Waals surface area contributed by atoms with Gasteiger partial charge in [-0.15, -0.1) is 0 Å². The van der Waals surface area contributed by atoms with Crippen molar-refractivity contribution in [3.8, 4) is 0 Å². The minimum atomic E-state index is -4.20. The van der Waals surface area contributed by atoms with Gasteiger partial charge in [-0.1, -0.05) is 0 Å². The molecule has 0 unspecified atom stereocenters. The van der Waals surface area contributed by atoms with E-state index in [4.69, 9.17) is 73.7 Å². The molecule has 0 aromatic carbocycles. The molecule has 0 saturated carbocycles. The van der Waals surface area contributed by atoms with Gasteiger partial charge in [0.1, 0.15) is 0 Å². The molecule has 0 bridgehead atoms. The second-order valence-electron chi connectivity index (χ2n) is 1.70. The Labute approximate surface area is 350 Å². The Kier molecular flexibility index (Phi) is 171. The Morgan fingerprint density at radius 2 is 0.394 bits per heavy atom. The first kappa shape index (κ1) is 78.0. The molecule has 0 heterocycles. The minimum Gasteiger partial charge on any atom is 2.00 e. The fourth-order valence-corrected chi connectivity index (χ4v) is 0. The molecule has 176 valence electrons. The predicted molar refractivity (Wildman–Crippen MR) is 34.9 cm³/mol. The van der Waals surface area contributed by atoms with Gasteiger partial charge in [-0.05, 0) is 0 Å². The van der Waals surface area contributed by atoms with Gasteiger partial charge in [0.05, 0.1) is 0 Å². The second-order valence-corrected chi connectivity index (χ2v) is 7.80. The number of hydrogen-bond donors (Lipinski definition) is 0. The van der Waals surface area contributed by atoms with Gasteiger partial charge in [-0.3, -0.25) is 0 Å². The maximum atomic E-state index is 8.60. The molecule has 0 fully saturated rings. The third-order valence-corrected chi connectivity index (χ3v) is 0. The zero-order chi connectivity index (χ0) is 25.0. The zero-order valence-corrected chi connectivity index (χ0v) is 45.9. The molecule has 0 rings (SSSR count). The molecule has 0 N–H and O–H groups in total. The molecule has 33 heavy (non-hydrogen) atoms. The maximum Gasteiger partial charge on any atom is 2.00 e. The van der Waals surface area contributed by atoms with Crippen LogP contribution in [0.4, 0.5) is 0 Å². The van der Waals surface area contributed by atoms with Crippen molar-refractivity contribution in [2.75, 3.05) is 0 Å². The van der Waals surface area contributed by atoms with Crippen molar-refractivity contribution in [2.24, 2.45) is 0 Å². The van der Waals surface area contributed by atoms with Crippen LogP contribution in [0.2, 0.25) is 0 Å². The standard InChI is InChI=1S/Ba.2Bi.2Nb.21O.2Pb.5Ti/q+2;2*+3;;;;;;;;;;;;12*-1;2*+2;;;;;. The van der Waals surface area contributed by atoms with Crippen LogP contribution in [0.5, 0.6) is 0 Å². The van der Waals surface area contributed by atoms with Crippen LogP contribution in [0.1, 0.15) is 0 Å². The molecule has 0 saturated heterocycles. The summed E-state index contributed by atoms with van der Waals surface area (Å²) in [4.78, 5) is 0. The number of rotatable bonds is 0. The largest absolute Gasteiger partial charge is 2.00 e. The van der Waals surface area contributed by atoms with Crippen LogP contribution in [0.15, 0.2) is 0 Å². The summed E-state index contributed by atoms with van der Waals surface area (Å²) in [6, 6.07) is 0. The van der Waals surface area contributed by atoms with Gasteiger partial charge in [0, 0.05) is 0 Å². The van der Waals surface area contributed by atoms with E-state index < -0.39 is 131 Å². The summed E-state index contributed by atoms with van der Waals surface area (Å²) in [7, 11) is 0. The van der Waals surface area contributed by atoms with Crippen LogP contribution in [-0.4, -0.2) is 156 Å². The molecule has 0 aromatic rings. The maximum absolute atomic E-state index is 8.60. The molecule has 0 spiro atoms.